The number of hydrogen-bond donors (Lipinski definition) is 0. The zero-order chi connectivity index (χ0) is 9.84. The number of thioether (sulfide) groups is 1. The first-order valence-corrected chi connectivity index (χ1v) is 5.83. The Labute approximate surface area is 97.3 Å². The van der Waals surface area contributed by atoms with Crippen LogP contribution in [0.4, 0.5) is 0 Å². The van der Waals surface area contributed by atoms with Crippen LogP contribution >= 0.6 is 34.4 Å². The van der Waals surface area contributed by atoms with Crippen LogP contribution in [-0.4, -0.2) is 0 Å². The van der Waals surface area contributed by atoms with Crippen LogP contribution in [0.25, 0.3) is 0 Å². The summed E-state index contributed by atoms with van der Waals surface area (Å²) in [5.41, 5.74) is 4.19. The van der Waals surface area contributed by atoms with Gasteiger partial charge >= 0.3 is 0 Å². The third-order valence-electron chi connectivity index (χ3n) is 1.66. The molecule has 0 bridgehead atoms. The minimum Gasteiger partial charge on any atom is -0.118 e. The van der Waals surface area contributed by atoms with E-state index in [-0.39, 0.29) is 0 Å². The first-order chi connectivity index (χ1) is 6.13. The molecule has 0 amide bonds. The van der Waals surface area contributed by atoms with E-state index in [2.05, 4.69) is 60.0 Å². The van der Waals surface area contributed by atoms with Gasteiger partial charge in [-0.25, -0.2) is 0 Å². The molecular formula is C11H11IS. The molecule has 2 heteroatoms. The summed E-state index contributed by atoms with van der Waals surface area (Å²) in [6.45, 7) is 7.77. The number of allylic oxidation sites excluding steroid dienone is 1. The average molecular weight is 302 g/mol. The molecule has 13 heavy (non-hydrogen) atoms. The van der Waals surface area contributed by atoms with Gasteiger partial charge in [-0.15, -0.1) is 5.73 Å². The molecule has 0 saturated carbocycles. The lowest BCUT2D eigenvalue weighted by molar-refractivity contribution is 1.29. The van der Waals surface area contributed by atoms with Gasteiger partial charge in [-0.3, -0.25) is 0 Å². The van der Waals surface area contributed by atoms with E-state index in [1.807, 2.05) is 6.92 Å². The minimum atomic E-state index is 1.12. The monoisotopic (exact) mass is 302 g/mol. The van der Waals surface area contributed by atoms with Crippen molar-refractivity contribution in [3.63, 3.8) is 0 Å². The van der Waals surface area contributed by atoms with Gasteiger partial charge in [0.25, 0.3) is 0 Å². The highest BCUT2D eigenvalue weighted by Gasteiger charge is 2.00. The Balaban J connectivity index is 3.00. The molecule has 0 heterocycles. The molecule has 0 aliphatic carbocycles. The number of benzene rings is 1. The minimum absolute atomic E-state index is 1.12. The fraction of sp³-hybridized carbons (Fsp3) is 0.182. The van der Waals surface area contributed by atoms with Crippen molar-refractivity contribution in [3.05, 3.63) is 44.5 Å². The first-order valence-electron chi connectivity index (χ1n) is 3.94. The van der Waals surface area contributed by atoms with Crippen molar-refractivity contribution in [3.8, 4) is 0 Å². The van der Waals surface area contributed by atoms with Crippen molar-refractivity contribution < 1.29 is 0 Å². The molecular weight excluding hydrogens is 291 g/mol. The maximum Gasteiger partial charge on any atom is 0.0278 e. The molecule has 0 N–H and O–H groups in total. The molecule has 1 rings (SSSR count). The Morgan fingerprint density at radius 2 is 2.23 bits per heavy atom. The summed E-state index contributed by atoms with van der Waals surface area (Å²) in [5.74, 6) is 0. The first kappa shape index (κ1) is 10.9. The van der Waals surface area contributed by atoms with E-state index in [0.29, 0.717) is 0 Å². The number of rotatable bonds is 2. The summed E-state index contributed by atoms with van der Waals surface area (Å²) in [7, 11) is 0. The fourth-order valence-electron chi connectivity index (χ4n) is 0.885. The van der Waals surface area contributed by atoms with Crippen molar-refractivity contribution >= 4 is 34.4 Å². The highest BCUT2D eigenvalue weighted by Crippen LogP contribution is 2.29. The predicted molar refractivity (Wildman–Crippen MR) is 68.1 cm³/mol. The Kier molecular flexibility index (Phi) is 4.10. The Bertz CT molecular complexity index is 362. The van der Waals surface area contributed by atoms with Gasteiger partial charge in [0.15, 0.2) is 0 Å². The smallest absolute Gasteiger partial charge is 0.0278 e. The summed E-state index contributed by atoms with van der Waals surface area (Å²) in [4.78, 5) is 2.41. The lowest BCUT2D eigenvalue weighted by Gasteiger charge is -2.04. The second kappa shape index (κ2) is 4.89. The average Bonchev–Trinajstić information content (AvgIpc) is 2.11. The Morgan fingerprint density at radius 3 is 2.85 bits per heavy atom. The second-order valence-corrected chi connectivity index (χ2v) is 5.25. The van der Waals surface area contributed by atoms with Crippen molar-refractivity contribution in [2.45, 2.75) is 18.7 Å². The van der Waals surface area contributed by atoms with E-state index < -0.39 is 0 Å². The van der Waals surface area contributed by atoms with Crippen molar-refractivity contribution in [2.24, 2.45) is 0 Å². The molecule has 0 unspecified atom stereocenters. The van der Waals surface area contributed by atoms with Gasteiger partial charge in [0, 0.05) is 13.4 Å². The molecule has 0 aromatic heterocycles. The van der Waals surface area contributed by atoms with Crippen LogP contribution < -0.4 is 0 Å². The molecule has 0 radical (unpaired) electrons. The lowest BCUT2D eigenvalue weighted by Crippen LogP contribution is -1.80. The van der Waals surface area contributed by atoms with E-state index in [9.17, 15) is 0 Å². The van der Waals surface area contributed by atoms with E-state index in [4.69, 9.17) is 0 Å². The van der Waals surface area contributed by atoms with Crippen molar-refractivity contribution in [1.29, 1.82) is 0 Å². The molecule has 0 nitrogen and oxygen atoms in total. The number of aryl methyl sites for hydroxylation is 1. The van der Waals surface area contributed by atoms with Gasteiger partial charge in [-0.05, 0) is 54.1 Å². The van der Waals surface area contributed by atoms with Gasteiger partial charge in [0.1, 0.15) is 0 Å². The van der Waals surface area contributed by atoms with Crippen LogP contribution in [-0.2, 0) is 0 Å². The lowest BCUT2D eigenvalue weighted by atomic mass is 10.2. The fourth-order valence-corrected chi connectivity index (χ4v) is 2.40. The summed E-state index contributed by atoms with van der Waals surface area (Å²) < 4.78 is 1.27. The van der Waals surface area contributed by atoms with Crippen LogP contribution in [0, 0.1) is 10.5 Å². The molecule has 0 aliphatic rings. The molecule has 1 aromatic rings. The normalized spacial score (nSPS) is 9.46. The Morgan fingerprint density at radius 1 is 1.54 bits per heavy atom. The summed E-state index contributed by atoms with van der Waals surface area (Å²) >= 11 is 4.04. The van der Waals surface area contributed by atoms with E-state index >= 15 is 0 Å². The van der Waals surface area contributed by atoms with E-state index in [0.717, 1.165) is 4.91 Å². The van der Waals surface area contributed by atoms with Crippen LogP contribution in [0.5, 0.6) is 0 Å². The van der Waals surface area contributed by atoms with E-state index in [1.165, 1.54) is 14.0 Å². The highest BCUT2D eigenvalue weighted by atomic mass is 127. The van der Waals surface area contributed by atoms with Gasteiger partial charge < -0.3 is 0 Å². The quantitative estimate of drug-likeness (QED) is 0.444. The summed E-state index contributed by atoms with van der Waals surface area (Å²) in [6, 6.07) is 6.44. The second-order valence-electron chi connectivity index (χ2n) is 2.74. The molecule has 0 fully saturated rings. The number of hydrogen-bond acceptors (Lipinski definition) is 1. The number of halogens is 1. The largest absolute Gasteiger partial charge is 0.118 e. The third-order valence-corrected chi connectivity index (χ3v) is 3.44. The zero-order valence-corrected chi connectivity index (χ0v) is 10.7. The molecule has 0 saturated heterocycles. The van der Waals surface area contributed by atoms with Crippen LogP contribution in [0.2, 0.25) is 0 Å². The third kappa shape index (κ3) is 3.22. The van der Waals surface area contributed by atoms with Crippen LogP contribution in [0.15, 0.2) is 40.3 Å². The molecule has 68 valence electrons. The van der Waals surface area contributed by atoms with Gasteiger partial charge in [-0.1, -0.05) is 24.4 Å². The molecule has 0 aliphatic heterocycles. The molecule has 1 aromatic carbocycles. The van der Waals surface area contributed by atoms with Crippen LogP contribution in [0.3, 0.4) is 0 Å². The standard InChI is InChI=1S/C11H11IS/c1-4-9(3)13-11-7-10(12)6-5-8(11)2/h5-7H,1H2,2-3H3. The van der Waals surface area contributed by atoms with Gasteiger partial charge in [-0.2, -0.15) is 0 Å². The molecule has 0 spiro atoms. The topological polar surface area (TPSA) is 0 Å². The van der Waals surface area contributed by atoms with E-state index in [1.54, 1.807) is 11.8 Å². The highest BCUT2D eigenvalue weighted by molar-refractivity contribution is 14.1. The zero-order valence-electron chi connectivity index (χ0n) is 7.73. The summed E-state index contributed by atoms with van der Waals surface area (Å²) in [6.07, 6.45) is 0. The molecule has 0 atom stereocenters. The van der Waals surface area contributed by atoms with Crippen molar-refractivity contribution in [1.82, 2.24) is 0 Å². The maximum atomic E-state index is 3.62. The Hall–Kier alpha value is -0.180. The maximum absolute atomic E-state index is 3.62. The van der Waals surface area contributed by atoms with Gasteiger partial charge in [0.05, 0.1) is 0 Å². The SMILES string of the molecule is C=C=C(C)Sc1cc(I)ccc1C. The summed E-state index contributed by atoms with van der Waals surface area (Å²) in [5, 5.41) is 0. The van der Waals surface area contributed by atoms with Crippen LogP contribution in [0.1, 0.15) is 12.5 Å². The predicted octanol–water partition coefficient (Wildman–Crippen LogP) is 4.38. The van der Waals surface area contributed by atoms with Gasteiger partial charge in [0.2, 0.25) is 0 Å². The van der Waals surface area contributed by atoms with Crippen molar-refractivity contribution in [2.75, 3.05) is 0 Å².